The van der Waals surface area contributed by atoms with Gasteiger partial charge in [-0.3, -0.25) is 19.2 Å². The number of aliphatic hydroxyl groups is 1. The maximum Gasteiger partial charge on any atom is 0.295 e. The molecular weight excluding hydrogens is 516 g/mol. The maximum absolute atomic E-state index is 13.8. The zero-order valence-corrected chi connectivity index (χ0v) is 22.2. The van der Waals surface area contributed by atoms with Gasteiger partial charge in [-0.15, -0.1) is 0 Å². The average molecular weight is 551 g/mol. The highest BCUT2D eigenvalue weighted by Gasteiger charge is 2.52. The van der Waals surface area contributed by atoms with Gasteiger partial charge in [0.25, 0.3) is 23.5 Å². The number of piperidine rings is 1. The lowest BCUT2D eigenvalue weighted by atomic mass is 9.86. The van der Waals surface area contributed by atoms with Crippen molar-refractivity contribution in [3.8, 4) is 11.5 Å². The van der Waals surface area contributed by atoms with Crippen LogP contribution in [0.1, 0.15) is 62.0 Å². The Bertz CT molecular complexity index is 1290. The zero-order valence-electron chi connectivity index (χ0n) is 22.2. The van der Waals surface area contributed by atoms with Crippen LogP contribution in [-0.2, 0) is 14.4 Å². The molecule has 2 aliphatic heterocycles. The van der Waals surface area contributed by atoms with Crippen molar-refractivity contribution in [2.45, 2.75) is 75.6 Å². The third-order valence-corrected chi connectivity index (χ3v) is 8.65. The Morgan fingerprint density at radius 3 is 2.60 bits per heavy atom. The van der Waals surface area contributed by atoms with Crippen LogP contribution in [0.15, 0.2) is 34.9 Å². The fourth-order valence-corrected chi connectivity index (χ4v) is 5.80. The van der Waals surface area contributed by atoms with Crippen molar-refractivity contribution in [3.05, 3.63) is 36.2 Å². The smallest absolute Gasteiger partial charge is 0.295 e. The van der Waals surface area contributed by atoms with Crippen LogP contribution in [0.4, 0.5) is 0 Å². The topological polar surface area (TPSA) is 167 Å². The van der Waals surface area contributed by atoms with E-state index in [1.807, 2.05) is 18.2 Å². The fourth-order valence-electron chi connectivity index (χ4n) is 5.80. The summed E-state index contributed by atoms with van der Waals surface area (Å²) < 4.78 is 5.33. The Balaban J connectivity index is 1.20. The van der Waals surface area contributed by atoms with E-state index in [2.05, 4.69) is 26.1 Å². The van der Waals surface area contributed by atoms with E-state index < -0.39 is 41.8 Å². The maximum atomic E-state index is 13.8. The number of nitrogens with one attached hydrogen (secondary N) is 3. The molecule has 1 aromatic heterocycles. The van der Waals surface area contributed by atoms with Gasteiger partial charge >= 0.3 is 0 Å². The Hall–Kier alpha value is -3.80. The van der Waals surface area contributed by atoms with Crippen molar-refractivity contribution in [1.29, 1.82) is 0 Å². The first-order chi connectivity index (χ1) is 19.3. The van der Waals surface area contributed by atoms with Gasteiger partial charge in [0.15, 0.2) is 6.10 Å². The zero-order chi connectivity index (χ0) is 27.9. The Morgan fingerprint density at radius 2 is 1.93 bits per heavy atom. The number of nitrogens with zero attached hydrogens (tertiary/aromatic N) is 3. The van der Waals surface area contributed by atoms with Gasteiger partial charge in [0.05, 0.1) is 6.04 Å². The molecule has 2 unspecified atom stereocenters. The summed E-state index contributed by atoms with van der Waals surface area (Å²) in [6.07, 6.45) is 4.06. The minimum Gasteiger partial charge on any atom is -0.381 e. The van der Waals surface area contributed by atoms with Crippen LogP contribution in [0.5, 0.6) is 0 Å². The van der Waals surface area contributed by atoms with E-state index in [1.165, 1.54) is 4.90 Å². The number of likely N-dealkylation sites (tertiary alicyclic amines) is 1. The molecule has 6 rings (SSSR count). The second-order valence-corrected chi connectivity index (χ2v) is 11.6. The standard InChI is InChI=1S/C28H34N6O6/c35-21(25(38)30-18-6-7-18)19(14-17-8-12-29-23(17)36)31-24(37)20-15-28(9-10-28)11-13-34(20)27(39)22-32-26(40-33-22)16-4-2-1-3-5-16/h1-5,17-21,35H,6-15H2,(H,29,36)(H,30,38)(H,31,37)/t17-,19?,20-,21?/m0/s1. The highest BCUT2D eigenvalue weighted by atomic mass is 16.5. The molecule has 2 saturated heterocycles. The molecule has 1 spiro atoms. The quantitative estimate of drug-likeness (QED) is 0.355. The van der Waals surface area contributed by atoms with Gasteiger partial charge in [-0.2, -0.15) is 4.98 Å². The van der Waals surface area contributed by atoms with Crippen LogP contribution in [0.2, 0.25) is 0 Å². The molecule has 2 aliphatic carbocycles. The van der Waals surface area contributed by atoms with Crippen molar-refractivity contribution in [2.75, 3.05) is 13.1 Å². The number of benzene rings is 1. The van der Waals surface area contributed by atoms with Crippen molar-refractivity contribution in [1.82, 2.24) is 31.0 Å². The predicted octanol–water partition coefficient (Wildman–Crippen LogP) is 0.772. The van der Waals surface area contributed by atoms with Crippen LogP contribution >= 0.6 is 0 Å². The van der Waals surface area contributed by atoms with Gasteiger partial charge in [0.1, 0.15) is 6.04 Å². The minimum atomic E-state index is -1.52. The molecule has 4 fully saturated rings. The molecule has 1 aromatic carbocycles. The third-order valence-electron chi connectivity index (χ3n) is 8.65. The molecule has 2 saturated carbocycles. The Labute approximate surface area is 231 Å². The van der Waals surface area contributed by atoms with Crippen molar-refractivity contribution in [3.63, 3.8) is 0 Å². The number of rotatable bonds is 9. The number of hydrogen-bond donors (Lipinski definition) is 4. The minimum absolute atomic E-state index is 0.00797. The molecule has 3 heterocycles. The van der Waals surface area contributed by atoms with Crippen LogP contribution in [0, 0.1) is 11.3 Å². The van der Waals surface area contributed by atoms with E-state index in [0.29, 0.717) is 31.5 Å². The Morgan fingerprint density at radius 1 is 1.15 bits per heavy atom. The molecule has 12 nitrogen and oxygen atoms in total. The van der Waals surface area contributed by atoms with Gasteiger partial charge < -0.3 is 30.5 Å². The molecule has 40 heavy (non-hydrogen) atoms. The summed E-state index contributed by atoms with van der Waals surface area (Å²) in [6.45, 7) is 0.865. The van der Waals surface area contributed by atoms with Crippen LogP contribution in [0.25, 0.3) is 11.5 Å². The molecule has 4 atom stereocenters. The van der Waals surface area contributed by atoms with Crippen molar-refractivity contribution >= 4 is 23.6 Å². The highest BCUT2D eigenvalue weighted by molar-refractivity contribution is 5.95. The first kappa shape index (κ1) is 26.4. The molecule has 4 amide bonds. The highest BCUT2D eigenvalue weighted by Crippen LogP contribution is 2.55. The molecular formula is C28H34N6O6. The van der Waals surface area contributed by atoms with Crippen LogP contribution in [0.3, 0.4) is 0 Å². The lowest BCUT2D eigenvalue weighted by Gasteiger charge is -2.39. The predicted molar refractivity (Wildman–Crippen MR) is 140 cm³/mol. The molecule has 0 radical (unpaired) electrons. The summed E-state index contributed by atoms with van der Waals surface area (Å²) >= 11 is 0. The number of carbonyl (C=O) groups excluding carboxylic acids is 4. The number of carbonyl (C=O) groups is 4. The SMILES string of the molecule is O=C(NC1CC1)C(O)C(C[C@@H]1CCNC1=O)NC(=O)[C@@H]1CC2(CCN1C(=O)c1noc(-c3ccccc3)n1)CC2. The third kappa shape index (κ3) is 5.58. The summed E-state index contributed by atoms with van der Waals surface area (Å²) in [5, 5.41) is 23.2. The van der Waals surface area contributed by atoms with Gasteiger partial charge in [-0.25, -0.2) is 0 Å². The Kier molecular flexibility index (Phi) is 7.03. The summed E-state index contributed by atoms with van der Waals surface area (Å²) in [5.74, 6) is -2.06. The van der Waals surface area contributed by atoms with E-state index in [-0.39, 0.29) is 35.5 Å². The molecule has 4 N–H and O–H groups in total. The molecule has 12 heteroatoms. The van der Waals surface area contributed by atoms with Crippen LogP contribution < -0.4 is 16.0 Å². The van der Waals surface area contributed by atoms with Gasteiger partial charge in [-0.05, 0) is 68.9 Å². The normalized spacial score (nSPS) is 24.7. The van der Waals surface area contributed by atoms with Crippen LogP contribution in [-0.4, -0.2) is 81.1 Å². The first-order valence-electron chi connectivity index (χ1n) is 14.1. The van der Waals surface area contributed by atoms with Gasteiger partial charge in [0.2, 0.25) is 11.8 Å². The second-order valence-electron chi connectivity index (χ2n) is 11.6. The molecule has 212 valence electrons. The number of hydrogen-bond acceptors (Lipinski definition) is 8. The second kappa shape index (κ2) is 10.6. The number of aliphatic hydroxyl groups excluding tert-OH is 1. The number of aromatic nitrogens is 2. The molecule has 4 aliphatic rings. The van der Waals surface area contributed by atoms with E-state index >= 15 is 0 Å². The summed E-state index contributed by atoms with van der Waals surface area (Å²) in [7, 11) is 0. The summed E-state index contributed by atoms with van der Waals surface area (Å²) in [4.78, 5) is 58.1. The molecule has 0 bridgehead atoms. The lowest BCUT2D eigenvalue weighted by molar-refractivity contribution is -0.135. The van der Waals surface area contributed by atoms with Crippen molar-refractivity contribution in [2.24, 2.45) is 11.3 Å². The van der Waals surface area contributed by atoms with Gasteiger partial charge in [-0.1, -0.05) is 23.4 Å². The van der Waals surface area contributed by atoms with E-state index in [1.54, 1.807) is 12.1 Å². The molecule has 2 aromatic rings. The van der Waals surface area contributed by atoms with Gasteiger partial charge in [0, 0.05) is 30.6 Å². The fraction of sp³-hybridized carbons (Fsp3) is 0.571. The lowest BCUT2D eigenvalue weighted by Crippen LogP contribution is -2.59. The monoisotopic (exact) mass is 550 g/mol. The van der Waals surface area contributed by atoms with Crippen molar-refractivity contribution < 1.29 is 28.8 Å². The number of amides is 4. The van der Waals surface area contributed by atoms with E-state index in [4.69, 9.17) is 4.52 Å². The first-order valence-corrected chi connectivity index (χ1v) is 14.1. The summed E-state index contributed by atoms with van der Waals surface area (Å²) in [5.41, 5.74) is 0.685. The average Bonchev–Trinajstić information content (AvgIpc) is 3.84. The summed E-state index contributed by atoms with van der Waals surface area (Å²) in [6, 6.07) is 7.32. The van der Waals surface area contributed by atoms with E-state index in [9.17, 15) is 24.3 Å². The van der Waals surface area contributed by atoms with E-state index in [0.717, 1.165) is 32.1 Å². The largest absolute Gasteiger partial charge is 0.381 e.